The number of hydrogen-bond donors (Lipinski definition) is 1. The Morgan fingerprint density at radius 3 is 2.75 bits per heavy atom. The van der Waals surface area contributed by atoms with E-state index in [1.807, 2.05) is 0 Å². The fourth-order valence-electron chi connectivity index (χ4n) is 0.284. The molecule has 1 N–H and O–H groups in total. The number of aliphatic imine (C=N–C) groups is 1. The van der Waals surface area contributed by atoms with E-state index in [0.29, 0.717) is 19.8 Å². The smallest absolute Gasteiger partial charge is 0.0698 e. The maximum Gasteiger partial charge on any atom is 0.0698 e. The number of aliphatic hydroxyl groups excluding tert-OH is 1. The highest BCUT2D eigenvalue weighted by Crippen LogP contribution is 1.72. The Labute approximate surface area is 49.0 Å². The van der Waals surface area contributed by atoms with E-state index in [-0.39, 0.29) is 6.61 Å². The second kappa shape index (κ2) is 6.59. The Morgan fingerprint density at radius 2 is 2.25 bits per heavy atom. The Balaban J connectivity index is 2.62. The molecule has 0 aromatic carbocycles. The van der Waals surface area contributed by atoms with Crippen LogP contribution in [0.5, 0.6) is 0 Å². The maximum atomic E-state index is 8.18. The van der Waals surface area contributed by atoms with Gasteiger partial charge in [-0.2, -0.15) is 0 Å². The number of rotatable bonds is 5. The van der Waals surface area contributed by atoms with Crippen LogP contribution in [0, 0.1) is 0 Å². The Morgan fingerprint density at radius 1 is 1.50 bits per heavy atom. The van der Waals surface area contributed by atoms with Crippen LogP contribution < -0.4 is 0 Å². The summed E-state index contributed by atoms with van der Waals surface area (Å²) in [5.41, 5.74) is 0. The standard InChI is InChI=1S/C5H10NO2/c1-6-2-4-8-5-3-7/h1,7H,2-5H2. The first-order valence-corrected chi connectivity index (χ1v) is 2.47. The summed E-state index contributed by atoms with van der Waals surface area (Å²) >= 11 is 0. The Hall–Kier alpha value is -0.410. The van der Waals surface area contributed by atoms with Crippen molar-refractivity contribution in [1.29, 1.82) is 0 Å². The molecule has 0 saturated carbocycles. The van der Waals surface area contributed by atoms with Gasteiger partial charge in [0, 0.05) is 6.72 Å². The molecule has 1 radical (unpaired) electrons. The molecule has 47 valence electrons. The van der Waals surface area contributed by atoms with Crippen molar-refractivity contribution in [2.24, 2.45) is 4.99 Å². The predicted molar refractivity (Wildman–Crippen MR) is 31.3 cm³/mol. The van der Waals surface area contributed by atoms with Gasteiger partial charge in [-0.15, -0.1) is 0 Å². The lowest BCUT2D eigenvalue weighted by atomic mass is 10.7. The van der Waals surface area contributed by atoms with E-state index in [1.165, 1.54) is 0 Å². The van der Waals surface area contributed by atoms with Crippen molar-refractivity contribution in [2.75, 3.05) is 26.4 Å². The van der Waals surface area contributed by atoms with Gasteiger partial charge in [0.15, 0.2) is 0 Å². The summed E-state index contributed by atoms with van der Waals surface area (Å²) in [5, 5.41) is 8.18. The second-order valence-corrected chi connectivity index (χ2v) is 1.24. The molecular formula is C5H10NO2. The molecule has 0 saturated heterocycles. The average molecular weight is 116 g/mol. The summed E-state index contributed by atoms with van der Waals surface area (Å²) in [6, 6.07) is 0. The van der Waals surface area contributed by atoms with E-state index in [4.69, 9.17) is 16.6 Å². The van der Waals surface area contributed by atoms with Gasteiger partial charge in [-0.1, -0.05) is 0 Å². The maximum absolute atomic E-state index is 8.18. The first kappa shape index (κ1) is 7.59. The lowest BCUT2D eigenvalue weighted by Gasteiger charge is -1.95. The van der Waals surface area contributed by atoms with E-state index in [2.05, 4.69) is 4.99 Å². The summed E-state index contributed by atoms with van der Waals surface area (Å²) in [6.07, 6.45) is 0. The normalized spacial score (nSPS) is 9.12. The summed E-state index contributed by atoms with van der Waals surface area (Å²) in [5.74, 6) is 0. The van der Waals surface area contributed by atoms with Crippen molar-refractivity contribution in [3.8, 4) is 0 Å². The Bertz CT molecular complexity index is 56.4. The van der Waals surface area contributed by atoms with E-state index < -0.39 is 0 Å². The highest BCUT2D eigenvalue weighted by Gasteiger charge is 1.80. The molecule has 0 aliphatic rings. The molecule has 0 amide bonds. The number of aliphatic hydroxyl groups is 1. The van der Waals surface area contributed by atoms with Crippen molar-refractivity contribution in [1.82, 2.24) is 0 Å². The number of nitrogens with zero attached hydrogens (tertiary/aromatic N) is 1. The summed E-state index contributed by atoms with van der Waals surface area (Å²) in [7, 11) is 0. The molecule has 3 nitrogen and oxygen atoms in total. The zero-order valence-electron chi connectivity index (χ0n) is 4.71. The lowest BCUT2D eigenvalue weighted by Crippen LogP contribution is -2.02. The van der Waals surface area contributed by atoms with E-state index in [0.717, 1.165) is 0 Å². The average Bonchev–Trinajstić information content (AvgIpc) is 1.81. The third kappa shape index (κ3) is 5.59. The molecule has 3 heteroatoms. The van der Waals surface area contributed by atoms with Gasteiger partial charge in [-0.25, -0.2) is 0 Å². The second-order valence-electron chi connectivity index (χ2n) is 1.24. The van der Waals surface area contributed by atoms with Gasteiger partial charge in [0.05, 0.1) is 26.4 Å². The molecule has 8 heavy (non-hydrogen) atoms. The van der Waals surface area contributed by atoms with Crippen molar-refractivity contribution in [3.63, 3.8) is 0 Å². The zero-order chi connectivity index (χ0) is 6.24. The lowest BCUT2D eigenvalue weighted by molar-refractivity contribution is 0.0979. The first-order chi connectivity index (χ1) is 3.91. The topological polar surface area (TPSA) is 41.8 Å². The minimum Gasteiger partial charge on any atom is -0.394 e. The monoisotopic (exact) mass is 116 g/mol. The number of hydrogen-bond acceptors (Lipinski definition) is 3. The van der Waals surface area contributed by atoms with Crippen molar-refractivity contribution < 1.29 is 9.84 Å². The molecule has 0 fully saturated rings. The van der Waals surface area contributed by atoms with Gasteiger partial charge in [0.25, 0.3) is 0 Å². The van der Waals surface area contributed by atoms with Gasteiger partial charge < -0.3 is 9.84 Å². The Kier molecular flexibility index (Phi) is 6.25. The van der Waals surface area contributed by atoms with Crippen molar-refractivity contribution in [2.45, 2.75) is 0 Å². The predicted octanol–water partition coefficient (Wildman–Crippen LogP) is -0.427. The van der Waals surface area contributed by atoms with Gasteiger partial charge in [0.1, 0.15) is 0 Å². The highest BCUT2D eigenvalue weighted by molar-refractivity contribution is 5.22. The largest absolute Gasteiger partial charge is 0.394 e. The third-order valence-electron chi connectivity index (χ3n) is 0.600. The minimum atomic E-state index is 0.0601. The molecule has 0 aromatic rings. The van der Waals surface area contributed by atoms with Crippen molar-refractivity contribution >= 4 is 6.72 Å². The minimum absolute atomic E-state index is 0.0601. The first-order valence-electron chi connectivity index (χ1n) is 2.47. The van der Waals surface area contributed by atoms with Crippen LogP contribution in [0.2, 0.25) is 0 Å². The van der Waals surface area contributed by atoms with Crippen LogP contribution in [0.3, 0.4) is 0 Å². The highest BCUT2D eigenvalue weighted by atomic mass is 16.5. The summed E-state index contributed by atoms with van der Waals surface area (Å²) < 4.78 is 4.80. The van der Waals surface area contributed by atoms with Gasteiger partial charge in [-0.3, -0.25) is 4.99 Å². The molecule has 0 aromatic heterocycles. The molecule has 0 bridgehead atoms. The van der Waals surface area contributed by atoms with Crippen molar-refractivity contribution in [3.05, 3.63) is 0 Å². The fraction of sp³-hybridized carbons (Fsp3) is 0.800. The molecule has 0 aliphatic carbocycles. The zero-order valence-corrected chi connectivity index (χ0v) is 4.71. The van der Waals surface area contributed by atoms with Gasteiger partial charge >= 0.3 is 0 Å². The molecular weight excluding hydrogens is 106 g/mol. The molecule has 0 atom stereocenters. The van der Waals surface area contributed by atoms with Crippen LogP contribution >= 0.6 is 0 Å². The number of ether oxygens (including phenoxy) is 1. The van der Waals surface area contributed by atoms with Gasteiger partial charge in [-0.05, 0) is 0 Å². The van der Waals surface area contributed by atoms with Crippen LogP contribution in [0.1, 0.15) is 0 Å². The molecule has 0 unspecified atom stereocenters. The van der Waals surface area contributed by atoms with Gasteiger partial charge in [0.2, 0.25) is 0 Å². The molecule has 0 spiro atoms. The quantitative estimate of drug-likeness (QED) is 0.391. The molecule has 0 heterocycles. The fourth-order valence-corrected chi connectivity index (χ4v) is 0.284. The molecule has 0 aliphatic heterocycles. The van der Waals surface area contributed by atoms with Crippen LogP contribution in [0.15, 0.2) is 4.99 Å². The van der Waals surface area contributed by atoms with E-state index in [9.17, 15) is 0 Å². The SMILES string of the molecule is [CH]=NCCOCCO. The summed E-state index contributed by atoms with van der Waals surface area (Å²) in [4.78, 5) is 3.30. The third-order valence-corrected chi connectivity index (χ3v) is 0.600. The van der Waals surface area contributed by atoms with Crippen LogP contribution in [-0.4, -0.2) is 38.2 Å². The van der Waals surface area contributed by atoms with Crippen LogP contribution in [0.4, 0.5) is 0 Å². The van der Waals surface area contributed by atoms with E-state index in [1.54, 1.807) is 0 Å². The van der Waals surface area contributed by atoms with Crippen LogP contribution in [-0.2, 0) is 4.74 Å². The van der Waals surface area contributed by atoms with Crippen LogP contribution in [0.25, 0.3) is 0 Å². The summed E-state index contributed by atoms with van der Waals surface area (Å²) in [6.45, 7) is 6.22. The van der Waals surface area contributed by atoms with E-state index >= 15 is 0 Å². The molecule has 0 rings (SSSR count).